The molecule has 1 heterocycles. The zero-order chi connectivity index (χ0) is 13.9. The van der Waals surface area contributed by atoms with Crippen molar-refractivity contribution < 1.29 is 5.11 Å². The van der Waals surface area contributed by atoms with Gasteiger partial charge in [0, 0.05) is 28.2 Å². The molecule has 0 unspecified atom stereocenters. The van der Waals surface area contributed by atoms with Gasteiger partial charge in [0.05, 0.1) is 0 Å². The van der Waals surface area contributed by atoms with Crippen LogP contribution in [0.4, 0.5) is 0 Å². The van der Waals surface area contributed by atoms with E-state index in [1.807, 2.05) is 31.7 Å². The lowest BCUT2D eigenvalue weighted by molar-refractivity contribution is 0.414. The number of aliphatic hydroxyl groups is 1. The minimum atomic E-state index is 0.205. The molecule has 0 spiro atoms. The maximum atomic E-state index is 9.55. The monoisotopic (exact) mass is 263 g/mol. The van der Waals surface area contributed by atoms with Crippen LogP contribution in [-0.4, -0.2) is 10.0 Å². The van der Waals surface area contributed by atoms with Crippen molar-refractivity contribution in [2.45, 2.75) is 20.8 Å². The van der Waals surface area contributed by atoms with Gasteiger partial charge in [0.25, 0.3) is 0 Å². The molecule has 0 amide bonds. The van der Waals surface area contributed by atoms with Gasteiger partial charge < -0.3 is 10.0 Å². The second-order valence-corrected chi connectivity index (χ2v) is 4.62. The van der Waals surface area contributed by atoms with E-state index in [0.29, 0.717) is 10.7 Å². The Morgan fingerprint density at radius 3 is 2.50 bits per heavy atom. The van der Waals surface area contributed by atoms with Gasteiger partial charge in [-0.1, -0.05) is 30.8 Å². The van der Waals surface area contributed by atoms with E-state index in [-0.39, 0.29) is 5.76 Å². The van der Waals surface area contributed by atoms with E-state index in [9.17, 15) is 5.11 Å². The van der Waals surface area contributed by atoms with Gasteiger partial charge in [0.1, 0.15) is 5.76 Å². The van der Waals surface area contributed by atoms with E-state index >= 15 is 0 Å². The number of halogens is 1. The minimum Gasteiger partial charge on any atom is -0.508 e. The molecule has 1 aliphatic heterocycles. The molecule has 18 heavy (non-hydrogen) atoms. The number of hydrogen-bond donors (Lipinski definition) is 1. The second kappa shape index (κ2) is 5.78. The van der Waals surface area contributed by atoms with Gasteiger partial charge in [-0.05, 0) is 38.5 Å². The van der Waals surface area contributed by atoms with Gasteiger partial charge in [-0.25, -0.2) is 0 Å². The van der Waals surface area contributed by atoms with Gasteiger partial charge in [0.15, 0.2) is 0 Å². The average molecular weight is 264 g/mol. The molecule has 0 saturated heterocycles. The van der Waals surface area contributed by atoms with Crippen molar-refractivity contribution in [1.82, 2.24) is 4.90 Å². The molecule has 3 heteroatoms. The van der Waals surface area contributed by atoms with E-state index in [0.717, 1.165) is 17.0 Å². The number of aliphatic hydroxyl groups excluding tert-OH is 1. The molecule has 0 radical (unpaired) electrons. The summed E-state index contributed by atoms with van der Waals surface area (Å²) in [5.74, 6) is 0.205. The summed E-state index contributed by atoms with van der Waals surface area (Å²) in [7, 11) is 0. The van der Waals surface area contributed by atoms with Crippen LogP contribution in [0, 0.1) is 0 Å². The van der Waals surface area contributed by atoms with E-state index in [1.165, 1.54) is 0 Å². The van der Waals surface area contributed by atoms with Crippen molar-refractivity contribution >= 4 is 11.6 Å². The molecule has 0 aromatic rings. The quantitative estimate of drug-likeness (QED) is 0.742. The fraction of sp³-hybridized carbons (Fsp3) is 0.200. The third-order valence-electron chi connectivity index (χ3n) is 2.68. The van der Waals surface area contributed by atoms with Crippen LogP contribution in [0.3, 0.4) is 0 Å². The molecule has 0 aromatic carbocycles. The Bertz CT molecular complexity index is 507. The van der Waals surface area contributed by atoms with E-state index in [4.69, 9.17) is 11.6 Å². The first kappa shape index (κ1) is 14.4. The van der Waals surface area contributed by atoms with Gasteiger partial charge in [0.2, 0.25) is 0 Å². The Hall–Kier alpha value is -1.67. The summed E-state index contributed by atoms with van der Waals surface area (Å²) in [5.41, 5.74) is 3.53. The molecule has 0 aromatic heterocycles. The summed E-state index contributed by atoms with van der Waals surface area (Å²) in [5, 5.41) is 10.00. The van der Waals surface area contributed by atoms with Crippen LogP contribution >= 0.6 is 11.6 Å². The number of nitrogens with zero attached hydrogens (tertiary/aromatic N) is 1. The molecule has 0 atom stereocenters. The summed E-state index contributed by atoms with van der Waals surface area (Å²) >= 11 is 5.88. The van der Waals surface area contributed by atoms with Crippen LogP contribution in [-0.2, 0) is 0 Å². The predicted molar refractivity (Wildman–Crippen MR) is 78.0 cm³/mol. The minimum absolute atomic E-state index is 0.205. The lowest BCUT2D eigenvalue weighted by atomic mass is 10.1. The van der Waals surface area contributed by atoms with Crippen molar-refractivity contribution in [3.8, 4) is 0 Å². The highest BCUT2D eigenvalue weighted by Gasteiger charge is 2.19. The molecule has 1 aliphatic rings. The van der Waals surface area contributed by atoms with Crippen molar-refractivity contribution in [3.63, 3.8) is 0 Å². The zero-order valence-electron chi connectivity index (χ0n) is 11.0. The SMILES string of the molecule is C=C(Cl)/C=C(\C(C)=CC)N1C(=C)C=C(O)C=C1C. The van der Waals surface area contributed by atoms with Crippen molar-refractivity contribution in [3.05, 3.63) is 70.9 Å². The van der Waals surface area contributed by atoms with Crippen LogP contribution in [0.2, 0.25) is 0 Å². The molecule has 96 valence electrons. The largest absolute Gasteiger partial charge is 0.508 e. The van der Waals surface area contributed by atoms with Crippen LogP contribution in [0.5, 0.6) is 0 Å². The first-order valence-corrected chi connectivity index (χ1v) is 6.02. The van der Waals surface area contributed by atoms with E-state index < -0.39 is 0 Å². The summed E-state index contributed by atoms with van der Waals surface area (Å²) in [6.07, 6.45) is 7.07. The molecule has 0 saturated carbocycles. The highest BCUT2D eigenvalue weighted by molar-refractivity contribution is 6.30. The van der Waals surface area contributed by atoms with Crippen molar-refractivity contribution in [2.75, 3.05) is 0 Å². The van der Waals surface area contributed by atoms with Gasteiger partial charge in [-0.3, -0.25) is 0 Å². The zero-order valence-corrected chi connectivity index (χ0v) is 11.8. The summed E-state index contributed by atoms with van der Waals surface area (Å²) in [4.78, 5) is 1.93. The first-order chi connectivity index (χ1) is 8.36. The first-order valence-electron chi connectivity index (χ1n) is 5.64. The second-order valence-electron chi connectivity index (χ2n) is 4.13. The fourth-order valence-electron chi connectivity index (χ4n) is 1.78. The van der Waals surface area contributed by atoms with Crippen LogP contribution in [0.1, 0.15) is 20.8 Å². The summed E-state index contributed by atoms with van der Waals surface area (Å²) in [6, 6.07) is 0. The molecule has 0 bridgehead atoms. The molecule has 0 fully saturated rings. The Balaban J connectivity index is 3.29. The van der Waals surface area contributed by atoms with Gasteiger partial charge >= 0.3 is 0 Å². The molecule has 1 N–H and O–H groups in total. The highest BCUT2D eigenvalue weighted by atomic mass is 35.5. The Morgan fingerprint density at radius 2 is 2.06 bits per heavy atom. The standard InChI is InChI=1S/C15H18ClNO/c1-6-10(2)15(7-11(3)16)17-12(4)8-14(18)9-13(17)5/h6-9,18H,3-4H2,1-2,5H3/b10-6?,15-7+. The third-order valence-corrected chi connectivity index (χ3v) is 2.79. The Morgan fingerprint density at radius 1 is 1.44 bits per heavy atom. The third kappa shape index (κ3) is 3.17. The molecule has 0 aliphatic carbocycles. The molecule has 2 nitrogen and oxygen atoms in total. The van der Waals surface area contributed by atoms with E-state index in [2.05, 4.69) is 13.2 Å². The summed E-state index contributed by atoms with van der Waals surface area (Å²) in [6.45, 7) is 13.5. The average Bonchev–Trinajstić information content (AvgIpc) is 2.24. The number of hydrogen-bond acceptors (Lipinski definition) is 2. The molecule has 1 rings (SSSR count). The highest BCUT2D eigenvalue weighted by Crippen LogP contribution is 2.30. The number of allylic oxidation sites excluding steroid dienone is 7. The normalized spacial score (nSPS) is 17.6. The molecular formula is C15H18ClNO. The van der Waals surface area contributed by atoms with E-state index in [1.54, 1.807) is 18.2 Å². The Labute approximate surface area is 114 Å². The Kier molecular flexibility index (Phi) is 4.62. The van der Waals surface area contributed by atoms with Gasteiger partial charge in [-0.2, -0.15) is 0 Å². The van der Waals surface area contributed by atoms with Crippen molar-refractivity contribution in [2.24, 2.45) is 0 Å². The van der Waals surface area contributed by atoms with Crippen LogP contribution in [0.15, 0.2) is 70.9 Å². The topological polar surface area (TPSA) is 23.5 Å². The lowest BCUT2D eigenvalue weighted by Gasteiger charge is -2.31. The maximum absolute atomic E-state index is 9.55. The summed E-state index contributed by atoms with van der Waals surface area (Å²) < 4.78 is 0. The van der Waals surface area contributed by atoms with Gasteiger partial charge in [-0.15, -0.1) is 0 Å². The molecular weight excluding hydrogens is 246 g/mol. The maximum Gasteiger partial charge on any atom is 0.119 e. The lowest BCUT2D eigenvalue weighted by Crippen LogP contribution is -2.22. The smallest absolute Gasteiger partial charge is 0.119 e. The fourth-order valence-corrected chi connectivity index (χ4v) is 1.88. The number of rotatable bonds is 3. The van der Waals surface area contributed by atoms with Crippen molar-refractivity contribution in [1.29, 1.82) is 0 Å². The van der Waals surface area contributed by atoms with Crippen LogP contribution < -0.4 is 0 Å². The predicted octanol–water partition coefficient (Wildman–Crippen LogP) is 4.76. The van der Waals surface area contributed by atoms with Crippen LogP contribution in [0.25, 0.3) is 0 Å².